The predicted octanol–water partition coefficient (Wildman–Crippen LogP) is 5.33. The van der Waals surface area contributed by atoms with Crippen molar-refractivity contribution < 1.29 is 0 Å². The standard InChI is InChI=1S/C24H25BrClN5/c1-15(2)30-24(29-14-27)31-9-7-16(8-10-31)22-21-6-5-20(26)12-17(21)3-4-18-11-19(25)13-28-23(18)22/h5-6,11-13,15H,3-4,7-10H2,1-2H3,(H,29,30). The van der Waals surface area contributed by atoms with Gasteiger partial charge in [0.1, 0.15) is 0 Å². The smallest absolute Gasteiger partial charge is 0.207 e. The summed E-state index contributed by atoms with van der Waals surface area (Å²) in [4.78, 5) is 11.6. The number of piperidine rings is 1. The van der Waals surface area contributed by atoms with Gasteiger partial charge in [0.2, 0.25) is 5.96 Å². The second kappa shape index (κ2) is 9.42. The fourth-order valence-electron chi connectivity index (χ4n) is 4.39. The van der Waals surface area contributed by atoms with E-state index in [1.807, 2.05) is 32.3 Å². The van der Waals surface area contributed by atoms with Gasteiger partial charge in [0.05, 0.1) is 5.69 Å². The van der Waals surface area contributed by atoms with E-state index >= 15 is 0 Å². The lowest BCUT2D eigenvalue weighted by Crippen LogP contribution is -2.43. The van der Waals surface area contributed by atoms with Gasteiger partial charge in [0.25, 0.3) is 0 Å². The van der Waals surface area contributed by atoms with Crippen LogP contribution in [0.15, 0.2) is 45.5 Å². The molecule has 1 aliphatic carbocycles. The molecular weight excluding hydrogens is 474 g/mol. The van der Waals surface area contributed by atoms with Gasteiger partial charge in [-0.1, -0.05) is 23.2 Å². The molecule has 4 rings (SSSR count). The summed E-state index contributed by atoms with van der Waals surface area (Å²) in [6, 6.07) is 8.54. The largest absolute Gasteiger partial charge is 0.342 e. The Morgan fingerprint density at radius 2 is 1.94 bits per heavy atom. The molecule has 1 saturated heterocycles. The number of aromatic nitrogens is 1. The predicted molar refractivity (Wildman–Crippen MR) is 129 cm³/mol. The lowest BCUT2D eigenvalue weighted by Gasteiger charge is -2.32. The maximum absolute atomic E-state index is 9.13. The van der Waals surface area contributed by atoms with E-state index in [2.05, 4.69) is 49.3 Å². The third-order valence-electron chi connectivity index (χ3n) is 5.74. The molecule has 1 fully saturated rings. The van der Waals surface area contributed by atoms with Crippen LogP contribution in [0.2, 0.25) is 5.02 Å². The Bertz CT molecular complexity index is 1030. The van der Waals surface area contributed by atoms with Crippen LogP contribution in [0, 0.1) is 11.5 Å². The molecule has 0 saturated carbocycles. The molecule has 5 nitrogen and oxygen atoms in total. The molecule has 1 aliphatic heterocycles. The Hall–Kier alpha value is -2.36. The molecule has 0 spiro atoms. The molecule has 2 heterocycles. The minimum Gasteiger partial charge on any atom is -0.342 e. The number of pyridine rings is 1. The van der Waals surface area contributed by atoms with Gasteiger partial charge in [-0.3, -0.25) is 10.3 Å². The third kappa shape index (κ3) is 4.78. The third-order valence-corrected chi connectivity index (χ3v) is 6.41. The van der Waals surface area contributed by atoms with Crippen molar-refractivity contribution in [3.05, 3.63) is 67.9 Å². The first-order valence-electron chi connectivity index (χ1n) is 10.6. The highest BCUT2D eigenvalue weighted by molar-refractivity contribution is 9.10. The van der Waals surface area contributed by atoms with Crippen LogP contribution in [0.4, 0.5) is 0 Å². The number of halogens is 2. The molecule has 0 bridgehead atoms. The van der Waals surface area contributed by atoms with Crippen molar-refractivity contribution in [2.24, 2.45) is 4.99 Å². The van der Waals surface area contributed by atoms with Crippen molar-refractivity contribution in [1.29, 1.82) is 5.26 Å². The van der Waals surface area contributed by atoms with Gasteiger partial charge in [-0.25, -0.2) is 4.99 Å². The average Bonchev–Trinajstić information content (AvgIpc) is 2.89. The number of hydrogen-bond donors (Lipinski definition) is 1. The molecule has 1 aromatic carbocycles. The molecule has 31 heavy (non-hydrogen) atoms. The Balaban J connectivity index is 1.74. The number of guanidine groups is 1. The maximum Gasteiger partial charge on any atom is 0.207 e. The summed E-state index contributed by atoms with van der Waals surface area (Å²) in [6.07, 6.45) is 7.61. The number of aliphatic imine (C=N–C) groups is 1. The zero-order valence-electron chi connectivity index (χ0n) is 17.8. The van der Waals surface area contributed by atoms with Crippen LogP contribution in [-0.2, 0) is 12.8 Å². The first-order valence-corrected chi connectivity index (χ1v) is 11.8. The lowest BCUT2D eigenvalue weighted by atomic mass is 9.88. The summed E-state index contributed by atoms with van der Waals surface area (Å²) in [5, 5.41) is 12.7. The number of nitrogens with zero attached hydrogens (tertiary/aromatic N) is 4. The minimum atomic E-state index is 0.128. The van der Waals surface area contributed by atoms with E-state index in [9.17, 15) is 0 Å². The van der Waals surface area contributed by atoms with E-state index in [4.69, 9.17) is 21.8 Å². The van der Waals surface area contributed by atoms with E-state index < -0.39 is 0 Å². The van der Waals surface area contributed by atoms with E-state index in [0.717, 1.165) is 54.0 Å². The maximum atomic E-state index is 9.13. The van der Waals surface area contributed by atoms with Gasteiger partial charge in [-0.15, -0.1) is 0 Å². The number of nitriles is 1. The van der Waals surface area contributed by atoms with E-state index in [-0.39, 0.29) is 6.04 Å². The number of benzene rings is 1. The summed E-state index contributed by atoms with van der Waals surface area (Å²) in [6.45, 7) is 5.66. The number of nitrogens with one attached hydrogen (secondary N) is 1. The molecule has 7 heteroatoms. The number of hydrogen-bond acceptors (Lipinski definition) is 3. The Morgan fingerprint density at radius 3 is 2.65 bits per heavy atom. The van der Waals surface area contributed by atoms with Gasteiger partial charge in [-0.2, -0.15) is 5.26 Å². The average molecular weight is 499 g/mol. The molecule has 0 unspecified atom stereocenters. The fourth-order valence-corrected chi connectivity index (χ4v) is 4.96. The highest BCUT2D eigenvalue weighted by Gasteiger charge is 2.26. The summed E-state index contributed by atoms with van der Waals surface area (Å²) < 4.78 is 1.01. The first-order chi connectivity index (χ1) is 15.0. The van der Waals surface area contributed by atoms with Crippen molar-refractivity contribution in [2.45, 2.75) is 45.6 Å². The van der Waals surface area contributed by atoms with Gasteiger partial charge >= 0.3 is 0 Å². The molecule has 2 aromatic rings. The SMILES string of the molecule is CC(C)N=C(NC#N)N1CCC(=C2c3ccc(Cl)cc3CCc3cc(Br)cnc32)CC1. The first kappa shape index (κ1) is 21.9. The van der Waals surface area contributed by atoms with Crippen LogP contribution < -0.4 is 5.32 Å². The van der Waals surface area contributed by atoms with Crippen LogP contribution in [0.25, 0.3) is 5.57 Å². The molecule has 0 radical (unpaired) electrons. The van der Waals surface area contributed by atoms with Gasteiger partial charge in [-0.05, 0) is 90.4 Å². The second-order valence-corrected chi connectivity index (χ2v) is 9.56. The Kier molecular flexibility index (Phi) is 6.64. The number of rotatable bonds is 1. The van der Waals surface area contributed by atoms with Crippen LogP contribution in [0.1, 0.15) is 49.1 Å². The molecule has 0 amide bonds. The van der Waals surface area contributed by atoms with E-state index in [0.29, 0.717) is 5.96 Å². The molecule has 160 valence electrons. The number of likely N-dealkylation sites (tertiary alicyclic amines) is 1. The Labute approximate surface area is 197 Å². The van der Waals surface area contributed by atoms with Crippen LogP contribution in [0.5, 0.6) is 0 Å². The van der Waals surface area contributed by atoms with E-state index in [1.54, 1.807) is 0 Å². The molecule has 1 aromatic heterocycles. The zero-order valence-corrected chi connectivity index (χ0v) is 20.1. The summed E-state index contributed by atoms with van der Waals surface area (Å²) in [5.41, 5.74) is 7.52. The fraction of sp³-hybridized carbons (Fsp3) is 0.375. The van der Waals surface area contributed by atoms with Crippen molar-refractivity contribution in [1.82, 2.24) is 15.2 Å². The van der Waals surface area contributed by atoms with Crippen molar-refractivity contribution in [3.63, 3.8) is 0 Å². The molecular formula is C24H25BrClN5. The number of aryl methyl sites for hydroxylation is 2. The monoisotopic (exact) mass is 497 g/mol. The van der Waals surface area contributed by atoms with Crippen molar-refractivity contribution in [3.8, 4) is 6.19 Å². The van der Waals surface area contributed by atoms with Crippen LogP contribution in [0.3, 0.4) is 0 Å². The Morgan fingerprint density at radius 1 is 1.19 bits per heavy atom. The summed E-state index contributed by atoms with van der Waals surface area (Å²) >= 11 is 9.92. The van der Waals surface area contributed by atoms with Gasteiger partial charge in [0, 0.05) is 40.4 Å². The quantitative estimate of drug-likeness (QED) is 0.250. The second-order valence-electron chi connectivity index (χ2n) is 8.21. The molecule has 1 N–H and O–H groups in total. The molecule has 0 atom stereocenters. The summed E-state index contributed by atoms with van der Waals surface area (Å²) in [7, 11) is 0. The van der Waals surface area contributed by atoms with Crippen LogP contribution in [-0.4, -0.2) is 35.0 Å². The topological polar surface area (TPSA) is 64.3 Å². The lowest BCUT2D eigenvalue weighted by molar-refractivity contribution is 0.377. The number of fused-ring (bicyclic) bond motifs is 2. The minimum absolute atomic E-state index is 0.128. The highest BCUT2D eigenvalue weighted by Crippen LogP contribution is 2.39. The van der Waals surface area contributed by atoms with Gasteiger partial charge < -0.3 is 4.90 Å². The normalized spacial score (nSPS) is 16.5. The van der Waals surface area contributed by atoms with Crippen molar-refractivity contribution >= 4 is 39.1 Å². The van der Waals surface area contributed by atoms with Gasteiger partial charge in [0.15, 0.2) is 6.19 Å². The van der Waals surface area contributed by atoms with Crippen molar-refractivity contribution in [2.75, 3.05) is 13.1 Å². The molecule has 2 aliphatic rings. The zero-order chi connectivity index (χ0) is 22.0. The highest BCUT2D eigenvalue weighted by atomic mass is 79.9. The summed E-state index contributed by atoms with van der Waals surface area (Å²) in [5.74, 6) is 0.664. The van der Waals surface area contributed by atoms with Crippen LogP contribution >= 0.6 is 27.5 Å². The van der Waals surface area contributed by atoms with E-state index in [1.165, 1.54) is 27.8 Å².